The number of methoxy groups -OCH3 is 1. The van der Waals surface area contributed by atoms with Gasteiger partial charge < -0.3 is 25.2 Å². The van der Waals surface area contributed by atoms with Crippen molar-refractivity contribution in [3.05, 3.63) is 90.0 Å². The van der Waals surface area contributed by atoms with E-state index in [1.54, 1.807) is 7.11 Å². The number of benzene rings is 3. The number of carbonyl (C=O) groups is 1. The highest BCUT2D eigenvalue weighted by molar-refractivity contribution is 5.73. The first-order valence-electron chi connectivity index (χ1n) is 13.0. The van der Waals surface area contributed by atoms with Gasteiger partial charge in [-0.05, 0) is 53.9 Å². The van der Waals surface area contributed by atoms with Crippen LogP contribution in [-0.4, -0.2) is 71.4 Å². The Labute approximate surface area is 221 Å². The normalized spacial score (nSPS) is 14.6. The van der Waals surface area contributed by atoms with Crippen LogP contribution in [-0.2, 0) is 6.42 Å². The van der Waals surface area contributed by atoms with Gasteiger partial charge in [-0.25, -0.2) is 4.79 Å². The van der Waals surface area contributed by atoms with E-state index in [-0.39, 0.29) is 12.1 Å². The smallest absolute Gasteiger partial charge is 0.314 e. The molecular weight excluding hydrogens is 462 g/mol. The summed E-state index contributed by atoms with van der Waals surface area (Å²) in [4.78, 5) is 19.7. The van der Waals surface area contributed by atoms with E-state index in [0.29, 0.717) is 13.1 Å². The van der Waals surface area contributed by atoms with Crippen molar-refractivity contribution in [2.45, 2.75) is 12.5 Å². The molecule has 4 rings (SSSR count). The largest absolute Gasteiger partial charge is 0.497 e. The number of ether oxygens (including phenoxy) is 1. The summed E-state index contributed by atoms with van der Waals surface area (Å²) in [6, 6.07) is 27.2. The molecule has 3 aromatic carbocycles. The van der Waals surface area contributed by atoms with Gasteiger partial charge in [-0.3, -0.25) is 4.90 Å². The number of nitrogens with one attached hydrogen (secondary N) is 2. The van der Waals surface area contributed by atoms with E-state index in [1.165, 1.54) is 16.9 Å². The number of piperazine rings is 1. The summed E-state index contributed by atoms with van der Waals surface area (Å²) >= 11 is 0. The molecule has 2 N–H and O–H groups in total. The number of hydrogen-bond acceptors (Lipinski definition) is 5. The zero-order chi connectivity index (χ0) is 26.0. The van der Waals surface area contributed by atoms with E-state index >= 15 is 0 Å². The van der Waals surface area contributed by atoms with Crippen molar-refractivity contribution in [2.75, 3.05) is 70.3 Å². The summed E-state index contributed by atoms with van der Waals surface area (Å²) in [6.07, 6.45) is 0.772. The SMILES string of the molecule is COc1ccc(CCNC(=O)NCC(c2ccc(N(C)C)cc2)N2CCN(c3ccccc3)CC2)cc1. The molecule has 1 fully saturated rings. The van der Waals surface area contributed by atoms with Crippen LogP contribution in [0.2, 0.25) is 0 Å². The third-order valence-electron chi connectivity index (χ3n) is 6.98. The van der Waals surface area contributed by atoms with Crippen LogP contribution < -0.4 is 25.2 Å². The molecule has 7 nitrogen and oxygen atoms in total. The first kappa shape index (κ1) is 26.4. The number of nitrogens with zero attached hydrogens (tertiary/aromatic N) is 3. The third-order valence-corrected chi connectivity index (χ3v) is 6.98. The Balaban J connectivity index is 1.34. The number of amides is 2. The van der Waals surface area contributed by atoms with Crippen LogP contribution in [0.3, 0.4) is 0 Å². The molecule has 3 aromatic rings. The lowest BCUT2D eigenvalue weighted by molar-refractivity contribution is 0.180. The van der Waals surface area contributed by atoms with Crippen LogP contribution in [0, 0.1) is 0 Å². The van der Waals surface area contributed by atoms with E-state index in [4.69, 9.17) is 4.74 Å². The quantitative estimate of drug-likeness (QED) is 0.437. The van der Waals surface area contributed by atoms with Crippen molar-refractivity contribution in [3.63, 3.8) is 0 Å². The lowest BCUT2D eigenvalue weighted by Crippen LogP contribution is -2.50. The molecule has 1 heterocycles. The molecule has 0 radical (unpaired) electrons. The standard InChI is InChI=1S/C30H39N5O2/c1-33(2)26-13-11-25(12-14-26)29(35-21-19-34(20-22-35)27-7-5-4-6-8-27)23-32-30(36)31-18-17-24-9-15-28(37-3)16-10-24/h4-16,29H,17-23H2,1-3H3,(H2,31,32,36). The second-order valence-electron chi connectivity index (χ2n) is 9.60. The monoisotopic (exact) mass is 501 g/mol. The van der Waals surface area contributed by atoms with E-state index in [1.807, 2.05) is 38.4 Å². The molecular formula is C30H39N5O2. The van der Waals surface area contributed by atoms with E-state index in [2.05, 4.69) is 79.9 Å². The maximum absolute atomic E-state index is 12.7. The maximum atomic E-state index is 12.7. The number of para-hydroxylation sites is 1. The van der Waals surface area contributed by atoms with Crippen molar-refractivity contribution in [1.82, 2.24) is 15.5 Å². The summed E-state index contributed by atoms with van der Waals surface area (Å²) in [7, 11) is 5.76. The zero-order valence-electron chi connectivity index (χ0n) is 22.2. The third kappa shape index (κ3) is 7.40. The fraction of sp³-hybridized carbons (Fsp3) is 0.367. The van der Waals surface area contributed by atoms with Crippen LogP contribution in [0.25, 0.3) is 0 Å². The van der Waals surface area contributed by atoms with Crippen molar-refractivity contribution in [2.24, 2.45) is 0 Å². The van der Waals surface area contributed by atoms with Gasteiger partial charge in [-0.1, -0.05) is 42.5 Å². The van der Waals surface area contributed by atoms with Crippen LogP contribution in [0.5, 0.6) is 5.75 Å². The highest BCUT2D eigenvalue weighted by atomic mass is 16.5. The summed E-state index contributed by atoms with van der Waals surface area (Å²) in [6.45, 7) is 4.94. The average Bonchev–Trinajstić information content (AvgIpc) is 2.94. The van der Waals surface area contributed by atoms with Gasteiger partial charge in [0.1, 0.15) is 5.75 Å². The van der Waals surface area contributed by atoms with Gasteiger partial charge in [0.05, 0.1) is 13.2 Å². The molecule has 0 spiro atoms. The summed E-state index contributed by atoms with van der Waals surface area (Å²) < 4.78 is 5.21. The topological polar surface area (TPSA) is 60.1 Å². The van der Waals surface area contributed by atoms with Gasteiger partial charge in [0.15, 0.2) is 0 Å². The van der Waals surface area contributed by atoms with Crippen LogP contribution >= 0.6 is 0 Å². The van der Waals surface area contributed by atoms with Crippen LogP contribution in [0.15, 0.2) is 78.9 Å². The molecule has 0 aliphatic carbocycles. The Hall–Kier alpha value is -3.71. The first-order chi connectivity index (χ1) is 18.0. The Morgan fingerprint density at radius 1 is 0.892 bits per heavy atom. The van der Waals surface area contributed by atoms with Crippen LogP contribution in [0.4, 0.5) is 16.2 Å². The van der Waals surface area contributed by atoms with E-state index in [9.17, 15) is 4.79 Å². The number of carbonyl (C=O) groups excluding carboxylic acids is 1. The van der Waals surface area contributed by atoms with Crippen molar-refractivity contribution in [1.29, 1.82) is 0 Å². The highest BCUT2D eigenvalue weighted by Crippen LogP contribution is 2.25. The second kappa shape index (κ2) is 13.0. The Morgan fingerprint density at radius 3 is 2.19 bits per heavy atom. The lowest BCUT2D eigenvalue weighted by atomic mass is 10.0. The number of urea groups is 1. The van der Waals surface area contributed by atoms with Crippen molar-refractivity contribution >= 4 is 17.4 Å². The lowest BCUT2D eigenvalue weighted by Gasteiger charge is -2.40. The molecule has 0 aromatic heterocycles. The van der Waals surface area contributed by atoms with Gasteiger partial charge in [0.2, 0.25) is 0 Å². The summed E-state index contributed by atoms with van der Waals surface area (Å²) in [5.74, 6) is 0.837. The Morgan fingerprint density at radius 2 is 1.57 bits per heavy atom. The number of rotatable bonds is 10. The second-order valence-corrected chi connectivity index (χ2v) is 9.60. The maximum Gasteiger partial charge on any atom is 0.314 e. The first-order valence-corrected chi connectivity index (χ1v) is 13.0. The minimum Gasteiger partial charge on any atom is -0.497 e. The molecule has 37 heavy (non-hydrogen) atoms. The molecule has 1 saturated heterocycles. The van der Waals surface area contributed by atoms with Gasteiger partial charge in [0, 0.05) is 64.7 Å². The van der Waals surface area contributed by atoms with Gasteiger partial charge in [-0.2, -0.15) is 0 Å². The molecule has 0 saturated carbocycles. The van der Waals surface area contributed by atoms with Gasteiger partial charge >= 0.3 is 6.03 Å². The molecule has 7 heteroatoms. The molecule has 196 valence electrons. The molecule has 2 amide bonds. The van der Waals surface area contributed by atoms with Gasteiger partial charge in [-0.15, -0.1) is 0 Å². The predicted octanol–water partition coefficient (Wildman–Crippen LogP) is 4.17. The summed E-state index contributed by atoms with van der Waals surface area (Å²) in [5.41, 5.74) is 4.82. The minimum absolute atomic E-state index is 0.112. The van der Waals surface area contributed by atoms with E-state index in [0.717, 1.165) is 43.9 Å². The number of anilines is 2. The fourth-order valence-corrected chi connectivity index (χ4v) is 4.75. The summed E-state index contributed by atoms with van der Waals surface area (Å²) in [5, 5.41) is 6.13. The molecule has 1 aliphatic heterocycles. The predicted molar refractivity (Wildman–Crippen MR) is 152 cm³/mol. The Bertz CT molecular complexity index is 1100. The molecule has 1 unspecified atom stereocenters. The van der Waals surface area contributed by atoms with E-state index < -0.39 is 0 Å². The fourth-order valence-electron chi connectivity index (χ4n) is 4.75. The highest BCUT2D eigenvalue weighted by Gasteiger charge is 2.26. The van der Waals surface area contributed by atoms with Gasteiger partial charge in [0.25, 0.3) is 0 Å². The Kier molecular flexibility index (Phi) is 9.27. The van der Waals surface area contributed by atoms with Crippen molar-refractivity contribution in [3.8, 4) is 5.75 Å². The zero-order valence-corrected chi connectivity index (χ0v) is 22.2. The molecule has 1 atom stereocenters. The number of hydrogen-bond donors (Lipinski definition) is 2. The van der Waals surface area contributed by atoms with Crippen molar-refractivity contribution < 1.29 is 9.53 Å². The van der Waals surface area contributed by atoms with Crippen LogP contribution in [0.1, 0.15) is 17.2 Å². The average molecular weight is 502 g/mol. The molecule has 1 aliphatic rings. The molecule has 0 bridgehead atoms. The minimum atomic E-state index is -0.133.